The van der Waals surface area contributed by atoms with Gasteiger partial charge in [-0.1, -0.05) is 29.3 Å². The summed E-state index contributed by atoms with van der Waals surface area (Å²) in [4.78, 5) is 0. The second-order valence-electron chi connectivity index (χ2n) is 4.56. The van der Waals surface area contributed by atoms with Crippen LogP contribution in [-0.4, -0.2) is 7.11 Å². The third-order valence-electron chi connectivity index (χ3n) is 3.15. The first-order valence-electron chi connectivity index (χ1n) is 6.34. The van der Waals surface area contributed by atoms with E-state index in [0.717, 1.165) is 5.56 Å². The summed E-state index contributed by atoms with van der Waals surface area (Å²) >= 11 is 12.1. The van der Waals surface area contributed by atoms with Crippen LogP contribution in [0.2, 0.25) is 10.0 Å². The third kappa shape index (κ3) is 3.60. The number of rotatable bonds is 4. The lowest BCUT2D eigenvalue weighted by molar-refractivity contribution is 0.415. The first-order valence-corrected chi connectivity index (χ1v) is 7.10. The molecule has 0 heterocycles. The Bertz CT molecular complexity index is 695. The van der Waals surface area contributed by atoms with Gasteiger partial charge in [-0.3, -0.25) is 0 Å². The van der Waals surface area contributed by atoms with Crippen molar-refractivity contribution in [1.82, 2.24) is 0 Å². The standard InChI is InChI=1S/C16H14Cl2N2O/c1-10(14-6-4-12(17)7-15(14)18)20-16-8-13(21-2)5-3-11(16)9-19/h3-8,10,20H,1-2H3. The number of nitrogens with one attached hydrogen (secondary N) is 1. The zero-order valence-corrected chi connectivity index (χ0v) is 13.2. The summed E-state index contributed by atoms with van der Waals surface area (Å²) in [5.41, 5.74) is 2.16. The minimum absolute atomic E-state index is 0.0750. The molecule has 0 saturated heterocycles. The van der Waals surface area contributed by atoms with Crippen LogP contribution in [0.15, 0.2) is 36.4 Å². The number of ether oxygens (including phenoxy) is 1. The van der Waals surface area contributed by atoms with Crippen LogP contribution in [0, 0.1) is 11.3 Å². The van der Waals surface area contributed by atoms with E-state index in [1.165, 1.54) is 0 Å². The molecule has 0 spiro atoms. The maximum absolute atomic E-state index is 9.18. The monoisotopic (exact) mass is 320 g/mol. The Morgan fingerprint density at radius 3 is 2.57 bits per heavy atom. The van der Waals surface area contributed by atoms with E-state index < -0.39 is 0 Å². The Balaban J connectivity index is 2.30. The Morgan fingerprint density at radius 2 is 1.95 bits per heavy atom. The fourth-order valence-electron chi connectivity index (χ4n) is 2.03. The number of nitrogens with zero attached hydrogens (tertiary/aromatic N) is 1. The second-order valence-corrected chi connectivity index (χ2v) is 5.40. The number of methoxy groups -OCH3 is 1. The average molecular weight is 321 g/mol. The molecule has 0 aromatic heterocycles. The molecule has 0 saturated carbocycles. The second kappa shape index (κ2) is 6.71. The summed E-state index contributed by atoms with van der Waals surface area (Å²) in [6.07, 6.45) is 0. The Kier molecular flexibility index (Phi) is 4.95. The zero-order valence-electron chi connectivity index (χ0n) is 11.7. The number of hydrogen-bond acceptors (Lipinski definition) is 3. The van der Waals surface area contributed by atoms with Gasteiger partial charge in [-0.05, 0) is 36.8 Å². The van der Waals surface area contributed by atoms with Crippen molar-refractivity contribution in [3.63, 3.8) is 0 Å². The minimum Gasteiger partial charge on any atom is -0.497 e. The predicted octanol–water partition coefficient (Wildman–Crippen LogP) is 5.05. The summed E-state index contributed by atoms with van der Waals surface area (Å²) in [5, 5.41) is 13.6. The van der Waals surface area contributed by atoms with Crippen LogP contribution in [0.3, 0.4) is 0 Å². The normalized spacial score (nSPS) is 11.6. The highest BCUT2D eigenvalue weighted by atomic mass is 35.5. The summed E-state index contributed by atoms with van der Waals surface area (Å²) in [5.74, 6) is 0.686. The van der Waals surface area contributed by atoms with Crippen molar-refractivity contribution in [2.24, 2.45) is 0 Å². The van der Waals surface area contributed by atoms with Gasteiger partial charge in [0.25, 0.3) is 0 Å². The van der Waals surface area contributed by atoms with Crippen molar-refractivity contribution in [3.05, 3.63) is 57.6 Å². The van der Waals surface area contributed by atoms with Crippen LogP contribution in [0.4, 0.5) is 5.69 Å². The lowest BCUT2D eigenvalue weighted by atomic mass is 10.1. The SMILES string of the molecule is COc1ccc(C#N)c(NC(C)c2ccc(Cl)cc2Cl)c1. The molecule has 0 aliphatic carbocycles. The lowest BCUT2D eigenvalue weighted by Crippen LogP contribution is -2.08. The molecule has 21 heavy (non-hydrogen) atoms. The fraction of sp³-hybridized carbons (Fsp3) is 0.188. The highest BCUT2D eigenvalue weighted by Crippen LogP contribution is 2.30. The Labute approximate surface area is 134 Å². The first kappa shape index (κ1) is 15.5. The summed E-state index contributed by atoms with van der Waals surface area (Å²) in [6.45, 7) is 1.97. The van der Waals surface area contributed by atoms with Gasteiger partial charge in [0.05, 0.1) is 24.4 Å². The number of hydrogen-bond donors (Lipinski definition) is 1. The highest BCUT2D eigenvalue weighted by Gasteiger charge is 2.12. The Hall–Kier alpha value is -1.89. The van der Waals surface area contributed by atoms with Gasteiger partial charge in [-0.2, -0.15) is 5.26 Å². The highest BCUT2D eigenvalue weighted by molar-refractivity contribution is 6.35. The van der Waals surface area contributed by atoms with Gasteiger partial charge in [-0.15, -0.1) is 0 Å². The molecule has 2 rings (SSSR count). The van der Waals surface area contributed by atoms with E-state index in [1.807, 2.05) is 13.0 Å². The third-order valence-corrected chi connectivity index (χ3v) is 3.71. The number of halogens is 2. The largest absolute Gasteiger partial charge is 0.497 e. The van der Waals surface area contributed by atoms with Crippen molar-refractivity contribution < 1.29 is 4.74 Å². The fourth-order valence-corrected chi connectivity index (χ4v) is 2.60. The van der Waals surface area contributed by atoms with Gasteiger partial charge < -0.3 is 10.1 Å². The molecule has 2 aromatic carbocycles. The van der Waals surface area contributed by atoms with E-state index in [1.54, 1.807) is 37.4 Å². The van der Waals surface area contributed by atoms with E-state index in [2.05, 4.69) is 11.4 Å². The van der Waals surface area contributed by atoms with E-state index in [4.69, 9.17) is 27.9 Å². The molecule has 1 unspecified atom stereocenters. The topological polar surface area (TPSA) is 45.0 Å². The molecule has 2 aromatic rings. The summed E-state index contributed by atoms with van der Waals surface area (Å²) in [7, 11) is 1.59. The van der Waals surface area contributed by atoms with E-state index in [-0.39, 0.29) is 6.04 Å². The van der Waals surface area contributed by atoms with Crippen LogP contribution in [0.5, 0.6) is 5.75 Å². The summed E-state index contributed by atoms with van der Waals surface area (Å²) in [6, 6.07) is 12.7. The molecule has 1 N–H and O–H groups in total. The molecule has 0 fully saturated rings. The van der Waals surface area contributed by atoms with Crippen LogP contribution < -0.4 is 10.1 Å². The Morgan fingerprint density at radius 1 is 1.19 bits per heavy atom. The van der Waals surface area contributed by atoms with Gasteiger partial charge in [0.1, 0.15) is 11.8 Å². The van der Waals surface area contributed by atoms with Crippen LogP contribution in [0.25, 0.3) is 0 Å². The molecule has 5 heteroatoms. The maximum Gasteiger partial charge on any atom is 0.121 e. The first-order chi connectivity index (χ1) is 10.0. The van der Waals surface area contributed by atoms with E-state index >= 15 is 0 Å². The van der Waals surface area contributed by atoms with E-state index in [0.29, 0.717) is 27.0 Å². The molecule has 0 bridgehead atoms. The van der Waals surface area contributed by atoms with Crippen LogP contribution in [0.1, 0.15) is 24.1 Å². The van der Waals surface area contributed by atoms with Crippen molar-refractivity contribution >= 4 is 28.9 Å². The average Bonchev–Trinajstić information content (AvgIpc) is 2.46. The van der Waals surface area contributed by atoms with E-state index in [9.17, 15) is 5.26 Å². The zero-order chi connectivity index (χ0) is 15.4. The van der Waals surface area contributed by atoms with Gasteiger partial charge >= 0.3 is 0 Å². The molecule has 0 aliphatic rings. The molecule has 3 nitrogen and oxygen atoms in total. The minimum atomic E-state index is -0.0750. The molecular formula is C16H14Cl2N2O. The van der Waals surface area contributed by atoms with Crippen molar-refractivity contribution in [2.45, 2.75) is 13.0 Å². The van der Waals surface area contributed by atoms with Gasteiger partial charge in [0.15, 0.2) is 0 Å². The smallest absolute Gasteiger partial charge is 0.121 e. The van der Waals surface area contributed by atoms with Gasteiger partial charge in [0, 0.05) is 16.1 Å². The lowest BCUT2D eigenvalue weighted by Gasteiger charge is -2.18. The summed E-state index contributed by atoms with van der Waals surface area (Å²) < 4.78 is 5.19. The van der Waals surface area contributed by atoms with Crippen molar-refractivity contribution in [2.75, 3.05) is 12.4 Å². The van der Waals surface area contributed by atoms with Crippen molar-refractivity contribution in [1.29, 1.82) is 5.26 Å². The molecule has 1 atom stereocenters. The van der Waals surface area contributed by atoms with Crippen LogP contribution >= 0.6 is 23.2 Å². The maximum atomic E-state index is 9.18. The quantitative estimate of drug-likeness (QED) is 0.857. The van der Waals surface area contributed by atoms with Crippen molar-refractivity contribution in [3.8, 4) is 11.8 Å². The molecule has 0 aliphatic heterocycles. The van der Waals surface area contributed by atoms with Crippen LogP contribution in [-0.2, 0) is 0 Å². The van der Waals surface area contributed by atoms with Gasteiger partial charge in [0.2, 0.25) is 0 Å². The number of nitriles is 1. The molecular weight excluding hydrogens is 307 g/mol. The molecule has 108 valence electrons. The predicted molar refractivity (Wildman–Crippen MR) is 86.2 cm³/mol. The molecule has 0 radical (unpaired) electrons. The number of benzene rings is 2. The molecule has 0 amide bonds. The number of anilines is 1. The van der Waals surface area contributed by atoms with Gasteiger partial charge in [-0.25, -0.2) is 0 Å².